The summed E-state index contributed by atoms with van der Waals surface area (Å²) in [4.78, 5) is 17.3. The number of hydrogen-bond donors (Lipinski definition) is 2. The highest BCUT2D eigenvalue weighted by molar-refractivity contribution is 7.80. The number of benzene rings is 3. The van der Waals surface area contributed by atoms with E-state index in [0.717, 1.165) is 20.8 Å². The van der Waals surface area contributed by atoms with E-state index in [0.29, 0.717) is 33.7 Å². The lowest BCUT2D eigenvalue weighted by atomic mass is 10.2. The lowest BCUT2D eigenvalue weighted by Crippen LogP contribution is -2.34. The molecule has 0 bridgehead atoms. The summed E-state index contributed by atoms with van der Waals surface area (Å²) in [5.74, 6) is 0.135. The highest BCUT2D eigenvalue weighted by Crippen LogP contribution is 2.36. The number of rotatable bonds is 5. The van der Waals surface area contributed by atoms with Gasteiger partial charge in [-0.25, -0.2) is 4.98 Å². The lowest BCUT2D eigenvalue weighted by molar-refractivity contribution is 0.0977. The average molecular weight is 502 g/mol. The first kappa shape index (κ1) is 22.5. The van der Waals surface area contributed by atoms with Crippen molar-refractivity contribution in [2.24, 2.45) is 0 Å². The average Bonchev–Trinajstić information content (AvgIpc) is 3.20. The molecule has 0 unspecified atom stereocenters. The van der Waals surface area contributed by atoms with Crippen LogP contribution in [0.1, 0.15) is 17.3 Å². The third-order valence-corrected chi connectivity index (χ3v) is 6.28. The molecule has 0 aliphatic carbocycles. The van der Waals surface area contributed by atoms with E-state index in [4.69, 9.17) is 45.1 Å². The van der Waals surface area contributed by atoms with Crippen molar-refractivity contribution in [3.8, 4) is 16.3 Å². The quantitative estimate of drug-likeness (QED) is 0.294. The molecule has 0 radical (unpaired) electrons. The maximum atomic E-state index is 12.6. The number of nitrogens with one attached hydrogen (secondary N) is 2. The molecule has 32 heavy (non-hydrogen) atoms. The van der Waals surface area contributed by atoms with Crippen LogP contribution in [0, 0.1) is 0 Å². The van der Waals surface area contributed by atoms with Crippen LogP contribution in [0.3, 0.4) is 0 Å². The van der Waals surface area contributed by atoms with Crippen LogP contribution in [0.25, 0.3) is 20.8 Å². The van der Waals surface area contributed by atoms with Gasteiger partial charge in [-0.1, -0.05) is 35.3 Å². The predicted molar refractivity (Wildman–Crippen MR) is 136 cm³/mol. The van der Waals surface area contributed by atoms with E-state index in [2.05, 4.69) is 10.6 Å². The van der Waals surface area contributed by atoms with Crippen LogP contribution in [0.15, 0.2) is 60.7 Å². The van der Waals surface area contributed by atoms with E-state index in [-0.39, 0.29) is 11.0 Å². The largest absolute Gasteiger partial charge is 0.492 e. The molecule has 0 spiro atoms. The molecular formula is C23H17Cl2N3O2S2. The summed E-state index contributed by atoms with van der Waals surface area (Å²) in [5, 5.41) is 7.62. The molecule has 9 heteroatoms. The predicted octanol–water partition coefficient (Wildman–Crippen LogP) is 6.80. The summed E-state index contributed by atoms with van der Waals surface area (Å²) in [6.07, 6.45) is 0. The van der Waals surface area contributed by atoms with Crippen LogP contribution >= 0.6 is 46.8 Å². The van der Waals surface area contributed by atoms with Crippen LogP contribution in [-0.2, 0) is 0 Å². The van der Waals surface area contributed by atoms with Gasteiger partial charge in [-0.05, 0) is 67.7 Å². The molecular weight excluding hydrogens is 485 g/mol. The van der Waals surface area contributed by atoms with Crippen LogP contribution in [0.4, 0.5) is 5.69 Å². The Morgan fingerprint density at radius 3 is 2.69 bits per heavy atom. The second-order valence-corrected chi connectivity index (χ2v) is 8.95. The first-order chi connectivity index (χ1) is 15.4. The van der Waals surface area contributed by atoms with Crippen molar-refractivity contribution in [1.29, 1.82) is 0 Å². The van der Waals surface area contributed by atoms with Crippen molar-refractivity contribution < 1.29 is 9.53 Å². The number of anilines is 1. The third kappa shape index (κ3) is 5.02. The highest BCUT2D eigenvalue weighted by Gasteiger charge is 2.15. The SMILES string of the molecule is CCOc1ccc(C(=O)NC(=S)Nc2ccc(Cl)cc2-c2nc3ccccc3s2)cc1Cl. The molecule has 0 saturated carbocycles. The van der Waals surface area contributed by atoms with Gasteiger partial charge in [0, 0.05) is 16.1 Å². The molecule has 3 aromatic carbocycles. The maximum Gasteiger partial charge on any atom is 0.257 e. The molecule has 0 saturated heterocycles. The molecule has 0 atom stereocenters. The van der Waals surface area contributed by atoms with Crippen LogP contribution < -0.4 is 15.4 Å². The van der Waals surface area contributed by atoms with Crippen molar-refractivity contribution in [2.75, 3.05) is 11.9 Å². The Balaban J connectivity index is 1.53. The minimum atomic E-state index is -0.386. The van der Waals surface area contributed by atoms with E-state index >= 15 is 0 Å². The zero-order valence-electron chi connectivity index (χ0n) is 16.8. The summed E-state index contributed by atoms with van der Waals surface area (Å²) in [5.41, 5.74) is 2.75. The van der Waals surface area contributed by atoms with Crippen molar-refractivity contribution in [2.45, 2.75) is 6.92 Å². The molecule has 0 fully saturated rings. The number of nitrogens with zero attached hydrogens (tertiary/aromatic N) is 1. The first-order valence-corrected chi connectivity index (χ1v) is 11.6. The Hall–Kier alpha value is -2.71. The zero-order chi connectivity index (χ0) is 22.7. The Kier molecular flexibility index (Phi) is 6.91. The van der Waals surface area contributed by atoms with E-state index in [1.54, 1.807) is 41.7 Å². The molecule has 4 aromatic rings. The minimum absolute atomic E-state index is 0.143. The third-order valence-electron chi connectivity index (χ3n) is 4.48. The fourth-order valence-corrected chi connectivity index (χ4v) is 4.64. The zero-order valence-corrected chi connectivity index (χ0v) is 20.0. The van der Waals surface area contributed by atoms with Gasteiger partial charge in [0.15, 0.2) is 5.11 Å². The van der Waals surface area contributed by atoms with Gasteiger partial charge >= 0.3 is 0 Å². The standard InChI is InChI=1S/C23H17Cl2N3O2S2/c1-2-30-19-10-7-13(11-16(19)25)21(29)28-23(31)27-17-9-8-14(24)12-15(17)22-26-18-5-3-4-6-20(18)32-22/h3-12H,2H2,1H3,(H2,27,28,29,31). The number of hydrogen-bond acceptors (Lipinski definition) is 5. The summed E-state index contributed by atoms with van der Waals surface area (Å²) in [6, 6.07) is 18.1. The summed E-state index contributed by atoms with van der Waals surface area (Å²) in [7, 11) is 0. The molecule has 162 valence electrons. The van der Waals surface area contributed by atoms with E-state index in [1.165, 1.54) is 0 Å². The van der Waals surface area contributed by atoms with Crippen molar-refractivity contribution in [3.05, 3.63) is 76.3 Å². The van der Waals surface area contributed by atoms with Gasteiger partial charge in [0.1, 0.15) is 10.8 Å². The molecule has 5 nitrogen and oxygen atoms in total. The second kappa shape index (κ2) is 9.83. The number of thiazole rings is 1. The Labute approximate surface area is 204 Å². The van der Waals surface area contributed by atoms with Crippen molar-refractivity contribution >= 4 is 73.7 Å². The number of halogens is 2. The fourth-order valence-electron chi connectivity index (χ4n) is 3.03. The van der Waals surface area contributed by atoms with Gasteiger partial charge in [0.2, 0.25) is 0 Å². The van der Waals surface area contributed by atoms with E-state index in [1.807, 2.05) is 37.3 Å². The lowest BCUT2D eigenvalue weighted by Gasteiger charge is -2.13. The van der Waals surface area contributed by atoms with Crippen molar-refractivity contribution in [3.63, 3.8) is 0 Å². The summed E-state index contributed by atoms with van der Waals surface area (Å²) < 4.78 is 6.47. The smallest absolute Gasteiger partial charge is 0.257 e. The van der Waals surface area contributed by atoms with Crippen LogP contribution in [0.2, 0.25) is 10.0 Å². The normalized spacial score (nSPS) is 10.7. The number of carbonyl (C=O) groups is 1. The fraction of sp³-hybridized carbons (Fsp3) is 0.0870. The first-order valence-electron chi connectivity index (χ1n) is 9.64. The molecule has 0 aliphatic rings. The van der Waals surface area contributed by atoms with Crippen LogP contribution in [0.5, 0.6) is 5.75 Å². The van der Waals surface area contributed by atoms with Gasteiger partial charge in [0.25, 0.3) is 5.91 Å². The highest BCUT2D eigenvalue weighted by atomic mass is 35.5. The Morgan fingerprint density at radius 2 is 1.94 bits per heavy atom. The number of amides is 1. The molecule has 1 amide bonds. The number of thiocarbonyl (C=S) groups is 1. The van der Waals surface area contributed by atoms with Gasteiger partial charge in [0.05, 0.1) is 27.5 Å². The Morgan fingerprint density at radius 1 is 1.12 bits per heavy atom. The maximum absolute atomic E-state index is 12.6. The second-order valence-electron chi connectivity index (χ2n) is 6.66. The van der Waals surface area contributed by atoms with Gasteiger partial charge < -0.3 is 10.1 Å². The van der Waals surface area contributed by atoms with Gasteiger partial charge in [-0.2, -0.15) is 0 Å². The van der Waals surface area contributed by atoms with E-state index in [9.17, 15) is 4.79 Å². The summed E-state index contributed by atoms with van der Waals surface area (Å²) >= 11 is 19.3. The monoisotopic (exact) mass is 501 g/mol. The van der Waals surface area contributed by atoms with E-state index < -0.39 is 0 Å². The number of para-hydroxylation sites is 1. The molecule has 2 N–H and O–H groups in total. The van der Waals surface area contributed by atoms with Crippen molar-refractivity contribution in [1.82, 2.24) is 10.3 Å². The number of fused-ring (bicyclic) bond motifs is 1. The molecule has 1 heterocycles. The molecule has 1 aromatic heterocycles. The number of aromatic nitrogens is 1. The summed E-state index contributed by atoms with van der Waals surface area (Å²) in [6.45, 7) is 2.35. The Bertz CT molecular complexity index is 1290. The topological polar surface area (TPSA) is 63.2 Å². The van der Waals surface area contributed by atoms with Crippen LogP contribution in [-0.4, -0.2) is 22.6 Å². The van der Waals surface area contributed by atoms with Gasteiger partial charge in [-0.15, -0.1) is 11.3 Å². The molecule has 4 rings (SSSR count). The number of carbonyl (C=O) groups excluding carboxylic acids is 1. The number of ether oxygens (including phenoxy) is 1. The minimum Gasteiger partial charge on any atom is -0.492 e. The van der Waals surface area contributed by atoms with Gasteiger partial charge in [-0.3, -0.25) is 10.1 Å². The molecule has 0 aliphatic heterocycles.